The van der Waals surface area contributed by atoms with Crippen LogP contribution in [-0.4, -0.2) is 22.6 Å². The molecule has 0 aliphatic rings. The van der Waals surface area contributed by atoms with E-state index in [0.717, 1.165) is 5.39 Å². The first-order valence-corrected chi connectivity index (χ1v) is 8.07. The molecule has 0 saturated carbocycles. The zero-order valence-corrected chi connectivity index (χ0v) is 14.2. The van der Waals surface area contributed by atoms with Crippen molar-refractivity contribution < 1.29 is 14.4 Å². The van der Waals surface area contributed by atoms with Crippen molar-refractivity contribution in [2.45, 2.75) is 13.3 Å². The van der Waals surface area contributed by atoms with Crippen molar-refractivity contribution in [2.75, 3.05) is 10.6 Å². The second-order valence-electron chi connectivity index (χ2n) is 5.79. The lowest BCUT2D eigenvalue weighted by atomic mass is 10.1. The van der Waals surface area contributed by atoms with Crippen LogP contribution in [0.3, 0.4) is 0 Å². The zero-order chi connectivity index (χ0) is 18.5. The third kappa shape index (κ3) is 4.10. The van der Waals surface area contributed by atoms with Gasteiger partial charge in [0.2, 0.25) is 11.8 Å². The second kappa shape index (κ2) is 7.57. The van der Waals surface area contributed by atoms with Crippen molar-refractivity contribution >= 4 is 39.9 Å². The summed E-state index contributed by atoms with van der Waals surface area (Å²) in [4.78, 5) is 39.7. The molecule has 6 nitrogen and oxygen atoms in total. The number of ketones is 1. The van der Waals surface area contributed by atoms with Crippen molar-refractivity contribution in [1.82, 2.24) is 4.98 Å². The summed E-state index contributed by atoms with van der Waals surface area (Å²) in [6.45, 7) is 1.47. The number of aromatic nitrogens is 1. The Balaban J connectivity index is 1.62. The van der Waals surface area contributed by atoms with Gasteiger partial charge in [-0.3, -0.25) is 19.4 Å². The number of benzene rings is 2. The monoisotopic (exact) mass is 347 g/mol. The maximum atomic E-state index is 12.2. The Labute approximate surface area is 150 Å². The number of hydrogen-bond acceptors (Lipinski definition) is 4. The Bertz CT molecular complexity index is 976. The van der Waals surface area contributed by atoms with Crippen molar-refractivity contribution in [2.24, 2.45) is 0 Å². The first-order chi connectivity index (χ1) is 12.5. The van der Waals surface area contributed by atoms with Gasteiger partial charge in [0.25, 0.3) is 0 Å². The molecule has 0 fully saturated rings. The minimum Gasteiger partial charge on any atom is -0.326 e. The van der Waals surface area contributed by atoms with E-state index in [1.165, 1.54) is 6.92 Å². The predicted octanol–water partition coefficient (Wildman–Crippen LogP) is 3.40. The van der Waals surface area contributed by atoms with Crippen molar-refractivity contribution in [1.29, 1.82) is 0 Å². The van der Waals surface area contributed by atoms with Crippen LogP contribution in [0.4, 0.5) is 11.4 Å². The lowest BCUT2D eigenvalue weighted by molar-refractivity contribution is -0.123. The Morgan fingerprint density at radius 2 is 1.58 bits per heavy atom. The molecule has 0 atom stereocenters. The highest BCUT2D eigenvalue weighted by Gasteiger charge is 2.12. The molecule has 3 aromatic rings. The van der Waals surface area contributed by atoms with Crippen LogP contribution in [0.25, 0.3) is 10.9 Å². The summed E-state index contributed by atoms with van der Waals surface area (Å²) in [6, 6.07) is 15.7. The molecule has 2 amide bonds. The van der Waals surface area contributed by atoms with E-state index in [-0.39, 0.29) is 12.2 Å². The SMILES string of the molecule is CC(=O)c1ccc(NC(=O)CC(=O)Nc2cccc3cccnc23)cc1. The average Bonchev–Trinajstić information content (AvgIpc) is 2.62. The number of nitrogens with one attached hydrogen (secondary N) is 2. The van der Waals surface area contributed by atoms with E-state index in [1.807, 2.05) is 24.3 Å². The van der Waals surface area contributed by atoms with Crippen LogP contribution < -0.4 is 10.6 Å². The van der Waals surface area contributed by atoms with E-state index < -0.39 is 11.8 Å². The molecule has 0 bridgehead atoms. The van der Waals surface area contributed by atoms with Gasteiger partial charge in [-0.1, -0.05) is 18.2 Å². The maximum Gasteiger partial charge on any atom is 0.233 e. The number of Topliss-reactive ketones (excluding diaryl/α,β-unsaturated/α-hetero) is 1. The summed E-state index contributed by atoms with van der Waals surface area (Å²) in [5, 5.41) is 6.26. The highest BCUT2D eigenvalue weighted by Crippen LogP contribution is 2.20. The topological polar surface area (TPSA) is 88.2 Å². The van der Waals surface area contributed by atoms with Gasteiger partial charge in [0.1, 0.15) is 6.42 Å². The summed E-state index contributed by atoms with van der Waals surface area (Å²) >= 11 is 0. The fourth-order valence-electron chi connectivity index (χ4n) is 2.54. The number of fused-ring (bicyclic) bond motifs is 1. The molecule has 0 spiro atoms. The zero-order valence-electron chi connectivity index (χ0n) is 14.2. The van der Waals surface area contributed by atoms with Crippen LogP contribution in [0.1, 0.15) is 23.7 Å². The summed E-state index contributed by atoms with van der Waals surface area (Å²) in [5.74, 6) is -0.918. The second-order valence-corrected chi connectivity index (χ2v) is 5.79. The molecule has 0 aliphatic heterocycles. The molecule has 26 heavy (non-hydrogen) atoms. The minimum absolute atomic E-state index is 0.0500. The Morgan fingerprint density at radius 1 is 0.885 bits per heavy atom. The van der Waals surface area contributed by atoms with Crippen molar-refractivity contribution in [3.63, 3.8) is 0 Å². The summed E-state index contributed by atoms with van der Waals surface area (Å²) < 4.78 is 0. The first-order valence-electron chi connectivity index (χ1n) is 8.07. The number of hydrogen-bond donors (Lipinski definition) is 2. The number of carbonyl (C=O) groups is 3. The van der Waals surface area contributed by atoms with E-state index in [1.54, 1.807) is 36.5 Å². The van der Waals surface area contributed by atoms with Gasteiger partial charge in [-0.25, -0.2) is 0 Å². The largest absolute Gasteiger partial charge is 0.326 e. The minimum atomic E-state index is -0.439. The molecule has 0 unspecified atom stereocenters. The first kappa shape index (κ1) is 17.3. The number of pyridine rings is 1. The van der Waals surface area contributed by atoms with E-state index in [2.05, 4.69) is 15.6 Å². The van der Waals surface area contributed by atoms with Gasteiger partial charge in [-0.2, -0.15) is 0 Å². The summed E-state index contributed by atoms with van der Waals surface area (Å²) in [7, 11) is 0. The molecule has 6 heteroatoms. The van der Waals surface area contributed by atoms with E-state index in [4.69, 9.17) is 0 Å². The summed E-state index contributed by atoms with van der Waals surface area (Å²) in [6.07, 6.45) is 1.33. The molecule has 130 valence electrons. The highest BCUT2D eigenvalue weighted by molar-refractivity contribution is 6.10. The molecule has 2 N–H and O–H groups in total. The smallest absolute Gasteiger partial charge is 0.233 e. The number of amides is 2. The number of anilines is 2. The molecule has 0 radical (unpaired) electrons. The van der Waals surface area contributed by atoms with Gasteiger partial charge in [0, 0.05) is 22.8 Å². The molecular formula is C20H17N3O3. The van der Waals surface area contributed by atoms with Crippen LogP contribution in [0, 0.1) is 0 Å². The summed E-state index contributed by atoms with van der Waals surface area (Å²) in [5.41, 5.74) is 2.32. The molecule has 1 heterocycles. The molecular weight excluding hydrogens is 330 g/mol. The van der Waals surface area contributed by atoms with Gasteiger partial charge in [0.15, 0.2) is 5.78 Å². The van der Waals surface area contributed by atoms with Crippen molar-refractivity contribution in [3.8, 4) is 0 Å². The van der Waals surface area contributed by atoms with Gasteiger partial charge in [-0.05, 0) is 43.3 Å². The lowest BCUT2D eigenvalue weighted by Gasteiger charge is -2.09. The normalized spacial score (nSPS) is 10.3. The van der Waals surface area contributed by atoms with Gasteiger partial charge in [-0.15, -0.1) is 0 Å². The molecule has 1 aromatic heterocycles. The maximum absolute atomic E-state index is 12.2. The average molecular weight is 347 g/mol. The van der Waals surface area contributed by atoms with Crippen LogP contribution in [0.15, 0.2) is 60.8 Å². The molecule has 2 aromatic carbocycles. The van der Waals surface area contributed by atoms with Crippen LogP contribution in [0.5, 0.6) is 0 Å². The number of carbonyl (C=O) groups excluding carboxylic acids is 3. The van der Waals surface area contributed by atoms with E-state index >= 15 is 0 Å². The van der Waals surface area contributed by atoms with Crippen molar-refractivity contribution in [3.05, 3.63) is 66.4 Å². The number of nitrogens with zero attached hydrogens (tertiary/aromatic N) is 1. The Morgan fingerprint density at radius 3 is 2.31 bits per heavy atom. The van der Waals surface area contributed by atoms with E-state index in [9.17, 15) is 14.4 Å². The Kier molecular flexibility index (Phi) is 5.03. The molecule has 0 aliphatic carbocycles. The fourth-order valence-corrected chi connectivity index (χ4v) is 2.54. The Hall–Kier alpha value is -3.54. The number of para-hydroxylation sites is 1. The number of rotatable bonds is 5. The van der Waals surface area contributed by atoms with Gasteiger partial charge < -0.3 is 10.6 Å². The van der Waals surface area contributed by atoms with Crippen LogP contribution in [0.2, 0.25) is 0 Å². The molecule has 3 rings (SSSR count). The standard InChI is InChI=1S/C20H17N3O3/c1-13(24)14-7-9-16(10-8-14)22-18(25)12-19(26)23-17-6-2-4-15-5-3-11-21-20(15)17/h2-11H,12H2,1H3,(H,22,25)(H,23,26). The lowest BCUT2D eigenvalue weighted by Crippen LogP contribution is -2.21. The van der Waals surface area contributed by atoms with Gasteiger partial charge in [0.05, 0.1) is 11.2 Å². The molecule has 0 saturated heterocycles. The van der Waals surface area contributed by atoms with Gasteiger partial charge >= 0.3 is 0 Å². The van der Waals surface area contributed by atoms with E-state index in [0.29, 0.717) is 22.5 Å². The third-order valence-corrected chi connectivity index (χ3v) is 3.80. The van der Waals surface area contributed by atoms with Crippen LogP contribution >= 0.6 is 0 Å². The van der Waals surface area contributed by atoms with Crippen LogP contribution in [-0.2, 0) is 9.59 Å². The highest BCUT2D eigenvalue weighted by atomic mass is 16.2. The quantitative estimate of drug-likeness (QED) is 0.547. The fraction of sp³-hybridized carbons (Fsp3) is 0.100. The predicted molar refractivity (Wildman–Crippen MR) is 100 cm³/mol. The third-order valence-electron chi connectivity index (χ3n) is 3.80.